The maximum Gasteiger partial charge on any atom is 0.181 e. The van der Waals surface area contributed by atoms with Gasteiger partial charge in [0.05, 0.1) is 7.11 Å². The van der Waals surface area contributed by atoms with Crippen molar-refractivity contribution in [2.45, 2.75) is 0 Å². The summed E-state index contributed by atoms with van der Waals surface area (Å²) in [5.41, 5.74) is 2.46. The summed E-state index contributed by atoms with van der Waals surface area (Å²) >= 11 is 1.62. The molecule has 2 heteroatoms. The van der Waals surface area contributed by atoms with Crippen LogP contribution in [0.5, 0.6) is 5.06 Å². The van der Waals surface area contributed by atoms with Gasteiger partial charge in [-0.2, -0.15) is 0 Å². The molecular weight excluding hydrogens is 156 g/mol. The molecule has 0 saturated carbocycles. The third kappa shape index (κ3) is 0.994. The van der Waals surface area contributed by atoms with E-state index in [1.807, 2.05) is 11.4 Å². The Morgan fingerprint density at radius 2 is 2.18 bits per heavy atom. The average Bonchev–Trinajstić information content (AvgIpc) is 2.50. The van der Waals surface area contributed by atoms with Gasteiger partial charge in [-0.1, -0.05) is 12.1 Å². The Balaban J connectivity index is 2.66. The smallest absolute Gasteiger partial charge is 0.181 e. The van der Waals surface area contributed by atoms with Crippen LogP contribution in [-0.4, -0.2) is 7.11 Å². The van der Waals surface area contributed by atoms with Crippen LogP contribution < -0.4 is 4.74 Å². The molecule has 0 unspecified atom stereocenters. The summed E-state index contributed by atoms with van der Waals surface area (Å²) in [5.74, 6) is 0. The monoisotopic (exact) mass is 164 g/mol. The van der Waals surface area contributed by atoms with Gasteiger partial charge in [-0.05, 0) is 23.1 Å². The molecule has 11 heavy (non-hydrogen) atoms. The van der Waals surface area contributed by atoms with Gasteiger partial charge in [0.25, 0.3) is 0 Å². The third-order valence-electron chi connectivity index (χ3n) is 1.68. The van der Waals surface area contributed by atoms with Crippen molar-refractivity contribution < 1.29 is 4.74 Å². The molecule has 0 radical (unpaired) electrons. The van der Waals surface area contributed by atoms with Crippen LogP contribution in [0, 0.1) is 0 Å². The molecule has 0 N–H and O–H groups in total. The van der Waals surface area contributed by atoms with Crippen LogP contribution in [0.3, 0.4) is 0 Å². The Hall–Kier alpha value is -1.02. The number of methoxy groups -OCH3 is 1. The number of rotatable bonds is 1. The minimum Gasteiger partial charge on any atom is -0.487 e. The van der Waals surface area contributed by atoms with Gasteiger partial charge in [0.2, 0.25) is 0 Å². The second-order valence-corrected chi connectivity index (χ2v) is 3.19. The number of hydrogen-bond donors (Lipinski definition) is 0. The maximum absolute atomic E-state index is 5.20. The van der Waals surface area contributed by atoms with Crippen LogP contribution in [0.25, 0.3) is 11.1 Å². The molecule has 2 rings (SSSR count). The minimum atomic E-state index is 0.993. The highest BCUT2D eigenvalue weighted by molar-refractivity contribution is 7.12. The molecule has 1 heterocycles. The normalized spacial score (nSPS) is 10.3. The molecule has 0 amide bonds. The number of fused-ring (bicyclic) bond motifs is 1. The standard InChI is InChI=1S/C9H8OS/c1-10-9-8-4-2-3-7(8)5-6-11-9/h2-6H,1H3. The van der Waals surface area contributed by atoms with Crippen molar-refractivity contribution in [3.8, 4) is 16.2 Å². The highest BCUT2D eigenvalue weighted by atomic mass is 32.1. The summed E-state index contributed by atoms with van der Waals surface area (Å²) in [7, 11) is 1.71. The first-order valence-electron chi connectivity index (χ1n) is 3.42. The molecule has 0 aromatic carbocycles. The molecule has 0 fully saturated rings. The Kier molecular flexibility index (Phi) is 1.55. The Bertz CT molecular complexity index is 326. The van der Waals surface area contributed by atoms with Crippen molar-refractivity contribution in [3.63, 3.8) is 0 Å². The average molecular weight is 164 g/mol. The Morgan fingerprint density at radius 1 is 1.27 bits per heavy atom. The lowest BCUT2D eigenvalue weighted by Crippen LogP contribution is -1.82. The Labute approximate surface area is 69.6 Å². The van der Waals surface area contributed by atoms with Crippen molar-refractivity contribution >= 4 is 11.3 Å². The predicted octanol–water partition coefficient (Wildman–Crippen LogP) is 2.86. The largest absolute Gasteiger partial charge is 0.487 e. The fourth-order valence-corrected chi connectivity index (χ4v) is 1.90. The highest BCUT2D eigenvalue weighted by Crippen LogP contribution is 2.35. The van der Waals surface area contributed by atoms with Crippen LogP contribution in [0.2, 0.25) is 0 Å². The first-order chi connectivity index (χ1) is 5.42. The summed E-state index contributed by atoms with van der Waals surface area (Å²) in [5, 5.41) is 3.04. The summed E-state index contributed by atoms with van der Waals surface area (Å²) in [6.07, 6.45) is 0. The summed E-state index contributed by atoms with van der Waals surface area (Å²) in [4.78, 5) is 0. The molecule has 0 bridgehead atoms. The fraction of sp³-hybridized carbons (Fsp3) is 0.111. The zero-order valence-electron chi connectivity index (χ0n) is 6.20. The van der Waals surface area contributed by atoms with E-state index in [1.54, 1.807) is 18.4 Å². The van der Waals surface area contributed by atoms with Gasteiger partial charge >= 0.3 is 0 Å². The second kappa shape index (κ2) is 2.55. The van der Waals surface area contributed by atoms with Crippen molar-refractivity contribution in [2.75, 3.05) is 7.11 Å². The van der Waals surface area contributed by atoms with Gasteiger partial charge in [0.15, 0.2) is 5.06 Å². The molecule has 0 aromatic rings. The molecule has 1 nitrogen and oxygen atoms in total. The SMILES string of the molecule is COc1sccc2cccc1-2. The van der Waals surface area contributed by atoms with Gasteiger partial charge in [-0.15, -0.1) is 11.3 Å². The van der Waals surface area contributed by atoms with E-state index >= 15 is 0 Å². The van der Waals surface area contributed by atoms with Crippen LogP contribution in [-0.2, 0) is 0 Å². The third-order valence-corrected chi connectivity index (χ3v) is 2.55. The van der Waals surface area contributed by atoms with Crippen molar-refractivity contribution in [2.24, 2.45) is 0 Å². The van der Waals surface area contributed by atoms with Gasteiger partial charge in [-0.3, -0.25) is 0 Å². The molecular formula is C9H8OS. The maximum atomic E-state index is 5.20. The van der Waals surface area contributed by atoms with E-state index in [2.05, 4.69) is 18.2 Å². The molecule has 0 spiro atoms. The number of hydrogen-bond acceptors (Lipinski definition) is 2. The van der Waals surface area contributed by atoms with Gasteiger partial charge in [0, 0.05) is 5.56 Å². The summed E-state index contributed by atoms with van der Waals surface area (Å²) in [6, 6.07) is 8.30. The van der Waals surface area contributed by atoms with E-state index in [1.165, 1.54) is 11.1 Å². The van der Waals surface area contributed by atoms with Crippen LogP contribution >= 0.6 is 11.3 Å². The zero-order chi connectivity index (χ0) is 7.68. The van der Waals surface area contributed by atoms with E-state index in [0.717, 1.165) is 5.06 Å². The molecule has 0 saturated heterocycles. The van der Waals surface area contributed by atoms with E-state index in [-0.39, 0.29) is 0 Å². The lowest BCUT2D eigenvalue weighted by molar-refractivity contribution is 0.428. The lowest BCUT2D eigenvalue weighted by Gasteiger charge is -2.03. The minimum absolute atomic E-state index is 0.993. The fourth-order valence-electron chi connectivity index (χ4n) is 1.16. The molecule has 56 valence electrons. The molecule has 0 aromatic heterocycles. The van der Waals surface area contributed by atoms with E-state index < -0.39 is 0 Å². The molecule has 2 aliphatic rings. The van der Waals surface area contributed by atoms with E-state index in [9.17, 15) is 0 Å². The first kappa shape index (κ1) is 6.68. The lowest BCUT2D eigenvalue weighted by atomic mass is 10.2. The molecule has 1 aliphatic carbocycles. The van der Waals surface area contributed by atoms with Crippen LogP contribution in [0.4, 0.5) is 0 Å². The van der Waals surface area contributed by atoms with Crippen molar-refractivity contribution in [1.29, 1.82) is 0 Å². The van der Waals surface area contributed by atoms with Gasteiger partial charge < -0.3 is 4.74 Å². The van der Waals surface area contributed by atoms with E-state index in [0.29, 0.717) is 0 Å². The van der Waals surface area contributed by atoms with Crippen LogP contribution in [0.1, 0.15) is 0 Å². The topological polar surface area (TPSA) is 9.23 Å². The van der Waals surface area contributed by atoms with Gasteiger partial charge in [-0.25, -0.2) is 0 Å². The zero-order valence-corrected chi connectivity index (χ0v) is 7.02. The quantitative estimate of drug-likeness (QED) is 0.629. The first-order valence-corrected chi connectivity index (χ1v) is 4.30. The van der Waals surface area contributed by atoms with Crippen molar-refractivity contribution in [1.82, 2.24) is 0 Å². The summed E-state index contributed by atoms with van der Waals surface area (Å²) < 4.78 is 5.20. The Morgan fingerprint density at radius 3 is 3.00 bits per heavy atom. The van der Waals surface area contributed by atoms with Crippen LogP contribution in [0.15, 0.2) is 29.6 Å². The van der Waals surface area contributed by atoms with Crippen molar-refractivity contribution in [3.05, 3.63) is 29.6 Å². The predicted molar refractivity (Wildman–Crippen MR) is 47.5 cm³/mol. The number of ether oxygens (including phenoxy) is 1. The molecule has 1 aliphatic heterocycles. The van der Waals surface area contributed by atoms with E-state index in [4.69, 9.17) is 4.74 Å². The van der Waals surface area contributed by atoms with Gasteiger partial charge in [0.1, 0.15) is 0 Å². The summed E-state index contributed by atoms with van der Waals surface area (Å²) in [6.45, 7) is 0. The highest BCUT2D eigenvalue weighted by Gasteiger charge is 2.06. The second-order valence-electron chi connectivity index (χ2n) is 2.31. The molecule has 0 atom stereocenters.